The molecule has 1 rings (SSSR count). The summed E-state index contributed by atoms with van der Waals surface area (Å²) in [5, 5.41) is 9.28. The van der Waals surface area contributed by atoms with Gasteiger partial charge in [-0.3, -0.25) is 9.89 Å². The van der Waals surface area contributed by atoms with Crippen LogP contribution in [-0.2, 0) is 0 Å². The zero-order chi connectivity index (χ0) is 10.0. The predicted molar refractivity (Wildman–Crippen MR) is 53.8 cm³/mol. The highest BCUT2D eigenvalue weighted by atomic mass is 79.9. The van der Waals surface area contributed by atoms with Crippen LogP contribution in [0.4, 0.5) is 0 Å². The van der Waals surface area contributed by atoms with Crippen molar-refractivity contribution in [1.82, 2.24) is 15.5 Å². The number of hydrogen-bond acceptors (Lipinski definition) is 2. The Morgan fingerprint density at radius 3 is 2.62 bits per heavy atom. The van der Waals surface area contributed by atoms with Gasteiger partial charge in [0.15, 0.2) is 5.69 Å². The number of aromatic nitrogens is 2. The Kier molecular flexibility index (Phi) is 3.08. The zero-order valence-corrected chi connectivity index (χ0v) is 9.40. The van der Waals surface area contributed by atoms with E-state index < -0.39 is 0 Å². The molecule has 0 bridgehead atoms. The van der Waals surface area contributed by atoms with Crippen LogP contribution in [0.1, 0.15) is 35.9 Å². The highest BCUT2D eigenvalue weighted by molar-refractivity contribution is 9.10. The SMILES string of the molecule is CNC(=O)c1n[nH]c(C(C)C)c1Br. The lowest BCUT2D eigenvalue weighted by atomic mass is 10.1. The largest absolute Gasteiger partial charge is 0.354 e. The first kappa shape index (κ1) is 10.2. The zero-order valence-electron chi connectivity index (χ0n) is 7.81. The maximum absolute atomic E-state index is 11.2. The van der Waals surface area contributed by atoms with Crippen LogP contribution in [0.15, 0.2) is 4.47 Å². The van der Waals surface area contributed by atoms with E-state index in [1.807, 2.05) is 13.8 Å². The van der Waals surface area contributed by atoms with E-state index in [-0.39, 0.29) is 5.91 Å². The van der Waals surface area contributed by atoms with Crippen molar-refractivity contribution in [2.45, 2.75) is 19.8 Å². The average molecular weight is 246 g/mol. The molecule has 0 aliphatic carbocycles. The molecule has 4 nitrogen and oxygen atoms in total. The molecule has 0 unspecified atom stereocenters. The quantitative estimate of drug-likeness (QED) is 0.833. The molecule has 0 aromatic carbocycles. The van der Waals surface area contributed by atoms with Crippen molar-refractivity contribution >= 4 is 21.8 Å². The Morgan fingerprint density at radius 2 is 2.23 bits per heavy atom. The fraction of sp³-hybridized carbons (Fsp3) is 0.500. The van der Waals surface area contributed by atoms with E-state index in [4.69, 9.17) is 0 Å². The fourth-order valence-corrected chi connectivity index (χ4v) is 1.81. The molecule has 5 heteroatoms. The summed E-state index contributed by atoms with van der Waals surface area (Å²) < 4.78 is 0.752. The van der Waals surface area contributed by atoms with Gasteiger partial charge in [-0.1, -0.05) is 13.8 Å². The molecule has 1 amide bonds. The monoisotopic (exact) mass is 245 g/mol. The van der Waals surface area contributed by atoms with Gasteiger partial charge in [0.1, 0.15) is 0 Å². The molecule has 0 spiro atoms. The van der Waals surface area contributed by atoms with Gasteiger partial charge in [-0.2, -0.15) is 5.10 Å². The topological polar surface area (TPSA) is 57.8 Å². The van der Waals surface area contributed by atoms with Crippen LogP contribution in [0.5, 0.6) is 0 Å². The lowest BCUT2D eigenvalue weighted by molar-refractivity contribution is 0.0957. The Balaban J connectivity index is 3.06. The van der Waals surface area contributed by atoms with Gasteiger partial charge >= 0.3 is 0 Å². The first-order valence-corrected chi connectivity index (χ1v) is 4.83. The smallest absolute Gasteiger partial charge is 0.272 e. The molecule has 0 saturated carbocycles. The predicted octanol–water partition coefficient (Wildman–Crippen LogP) is 1.66. The maximum Gasteiger partial charge on any atom is 0.272 e. The number of aromatic amines is 1. The van der Waals surface area contributed by atoms with E-state index in [9.17, 15) is 4.79 Å². The summed E-state index contributed by atoms with van der Waals surface area (Å²) in [7, 11) is 1.58. The van der Waals surface area contributed by atoms with Crippen molar-refractivity contribution in [2.75, 3.05) is 7.05 Å². The minimum absolute atomic E-state index is 0.185. The van der Waals surface area contributed by atoms with Crippen LogP contribution in [0, 0.1) is 0 Å². The fourth-order valence-electron chi connectivity index (χ4n) is 0.993. The Hall–Kier alpha value is -0.840. The molecular formula is C8H12BrN3O. The van der Waals surface area contributed by atoms with Crippen LogP contribution in [0.3, 0.4) is 0 Å². The van der Waals surface area contributed by atoms with Gasteiger partial charge in [0.05, 0.1) is 10.2 Å². The van der Waals surface area contributed by atoms with Gasteiger partial charge in [-0.15, -0.1) is 0 Å². The Bertz CT molecular complexity index is 319. The van der Waals surface area contributed by atoms with Crippen LogP contribution in [0.2, 0.25) is 0 Å². The number of halogens is 1. The maximum atomic E-state index is 11.2. The van der Waals surface area contributed by atoms with Crippen molar-refractivity contribution in [3.05, 3.63) is 15.9 Å². The summed E-state index contributed by atoms with van der Waals surface area (Å²) in [5.41, 5.74) is 1.35. The Labute approximate surface area is 85.2 Å². The molecular weight excluding hydrogens is 234 g/mol. The molecule has 13 heavy (non-hydrogen) atoms. The molecule has 0 saturated heterocycles. The molecule has 1 heterocycles. The summed E-state index contributed by atoms with van der Waals surface area (Å²) in [5.74, 6) is 0.135. The van der Waals surface area contributed by atoms with Crippen molar-refractivity contribution in [3.63, 3.8) is 0 Å². The number of amides is 1. The summed E-state index contributed by atoms with van der Waals surface area (Å²) in [4.78, 5) is 11.2. The highest BCUT2D eigenvalue weighted by Crippen LogP contribution is 2.25. The molecule has 72 valence electrons. The van der Waals surface area contributed by atoms with Crippen LogP contribution in [-0.4, -0.2) is 23.2 Å². The molecule has 0 aliphatic heterocycles. The van der Waals surface area contributed by atoms with Crippen molar-refractivity contribution in [3.8, 4) is 0 Å². The Morgan fingerprint density at radius 1 is 1.62 bits per heavy atom. The third kappa shape index (κ3) is 1.91. The van der Waals surface area contributed by atoms with Crippen LogP contribution in [0.25, 0.3) is 0 Å². The number of rotatable bonds is 2. The number of nitrogens with zero attached hydrogens (tertiary/aromatic N) is 1. The van der Waals surface area contributed by atoms with Gasteiger partial charge in [-0.25, -0.2) is 0 Å². The van der Waals surface area contributed by atoms with Crippen LogP contribution >= 0.6 is 15.9 Å². The van der Waals surface area contributed by atoms with E-state index in [0.717, 1.165) is 10.2 Å². The summed E-state index contributed by atoms with van der Waals surface area (Å²) >= 11 is 3.34. The van der Waals surface area contributed by atoms with E-state index in [2.05, 4.69) is 31.4 Å². The second-order valence-corrected chi connectivity index (χ2v) is 3.83. The van der Waals surface area contributed by atoms with Gasteiger partial charge in [0.25, 0.3) is 5.91 Å². The normalized spacial score (nSPS) is 10.5. The highest BCUT2D eigenvalue weighted by Gasteiger charge is 2.17. The first-order chi connectivity index (χ1) is 6.07. The molecule has 2 N–H and O–H groups in total. The third-order valence-corrected chi connectivity index (χ3v) is 2.55. The minimum Gasteiger partial charge on any atom is -0.354 e. The molecule has 1 aromatic rings. The molecule has 1 aromatic heterocycles. The molecule has 0 atom stereocenters. The molecule has 0 fully saturated rings. The number of carbonyl (C=O) groups excluding carboxylic acids is 1. The van der Waals surface area contributed by atoms with Gasteiger partial charge in [0.2, 0.25) is 0 Å². The average Bonchev–Trinajstić information content (AvgIpc) is 2.46. The van der Waals surface area contributed by atoms with Gasteiger partial charge < -0.3 is 5.32 Å². The number of nitrogens with one attached hydrogen (secondary N) is 2. The van der Waals surface area contributed by atoms with Crippen LogP contribution < -0.4 is 5.32 Å². The number of carbonyl (C=O) groups is 1. The lowest BCUT2D eigenvalue weighted by Crippen LogP contribution is -2.18. The van der Waals surface area contributed by atoms with Gasteiger partial charge in [0, 0.05) is 7.05 Å². The lowest BCUT2D eigenvalue weighted by Gasteiger charge is -2.00. The second kappa shape index (κ2) is 3.91. The number of hydrogen-bond donors (Lipinski definition) is 2. The summed E-state index contributed by atoms with van der Waals surface area (Å²) in [6, 6.07) is 0. The van der Waals surface area contributed by atoms with Crippen molar-refractivity contribution in [2.24, 2.45) is 0 Å². The summed E-state index contributed by atoms with van der Waals surface area (Å²) in [6.07, 6.45) is 0. The molecule has 0 aliphatic rings. The summed E-state index contributed by atoms with van der Waals surface area (Å²) in [6.45, 7) is 4.07. The minimum atomic E-state index is -0.185. The van der Waals surface area contributed by atoms with E-state index in [1.165, 1.54) is 0 Å². The molecule has 0 radical (unpaired) electrons. The van der Waals surface area contributed by atoms with Crippen molar-refractivity contribution in [1.29, 1.82) is 0 Å². The van der Waals surface area contributed by atoms with Gasteiger partial charge in [-0.05, 0) is 21.8 Å². The second-order valence-electron chi connectivity index (χ2n) is 3.03. The first-order valence-electron chi connectivity index (χ1n) is 4.03. The third-order valence-electron chi connectivity index (χ3n) is 1.75. The van der Waals surface area contributed by atoms with E-state index in [1.54, 1.807) is 7.05 Å². The number of H-pyrrole nitrogens is 1. The van der Waals surface area contributed by atoms with Crippen molar-refractivity contribution < 1.29 is 4.79 Å². The van der Waals surface area contributed by atoms with E-state index >= 15 is 0 Å². The standard InChI is InChI=1S/C8H12BrN3O/c1-4(2)6-5(9)7(12-11-6)8(13)10-3/h4H,1-3H3,(H,10,13)(H,11,12). The van der Waals surface area contributed by atoms with E-state index in [0.29, 0.717) is 11.6 Å².